The third-order valence-electron chi connectivity index (χ3n) is 6.27. The minimum Gasteiger partial charge on any atom is -0.492 e. The third-order valence-corrected chi connectivity index (χ3v) is 6.27. The fourth-order valence-electron chi connectivity index (χ4n) is 4.28. The number of hydrogen-bond acceptors (Lipinski definition) is 6. The number of nitrogens with two attached hydrogens (primary N) is 2. The van der Waals surface area contributed by atoms with Gasteiger partial charge in [-0.25, -0.2) is 9.97 Å². The number of rotatable bonds is 6. The highest BCUT2D eigenvalue weighted by atomic mass is 16.5. The van der Waals surface area contributed by atoms with Crippen LogP contribution in [0.25, 0.3) is 27.9 Å². The highest BCUT2D eigenvalue weighted by Gasteiger charge is 2.29. The van der Waals surface area contributed by atoms with Gasteiger partial charge in [-0.1, -0.05) is 49.4 Å². The Balaban J connectivity index is 1.57. The van der Waals surface area contributed by atoms with Gasteiger partial charge in [0.05, 0.1) is 12.6 Å². The second kappa shape index (κ2) is 8.79. The van der Waals surface area contributed by atoms with E-state index < -0.39 is 0 Å². The maximum atomic E-state index is 6.43. The van der Waals surface area contributed by atoms with E-state index in [2.05, 4.69) is 24.1 Å². The maximum Gasteiger partial charge on any atom is 0.162 e. The number of benzene rings is 2. The number of allylic oxidation sites excluding steroid dienone is 2. The van der Waals surface area contributed by atoms with Crippen molar-refractivity contribution in [2.75, 3.05) is 18.9 Å². The molecule has 2 unspecified atom stereocenters. The van der Waals surface area contributed by atoms with Crippen LogP contribution >= 0.6 is 0 Å². The average Bonchev–Trinajstić information content (AvgIpc) is 3.54. The van der Waals surface area contributed by atoms with Gasteiger partial charge in [0.2, 0.25) is 0 Å². The summed E-state index contributed by atoms with van der Waals surface area (Å²) in [4.78, 5) is 14.3. The summed E-state index contributed by atoms with van der Waals surface area (Å²) in [5.41, 5.74) is 18.7. The smallest absolute Gasteiger partial charge is 0.162 e. The van der Waals surface area contributed by atoms with Gasteiger partial charge in [-0.2, -0.15) is 0 Å². The zero-order chi connectivity index (χ0) is 22.9. The first-order valence-electron chi connectivity index (χ1n) is 11.5. The van der Waals surface area contributed by atoms with Gasteiger partial charge in [-0.05, 0) is 54.5 Å². The van der Waals surface area contributed by atoms with E-state index in [9.17, 15) is 0 Å². The van der Waals surface area contributed by atoms with Gasteiger partial charge in [0.15, 0.2) is 5.82 Å². The van der Waals surface area contributed by atoms with Gasteiger partial charge in [-0.3, -0.25) is 4.99 Å². The molecule has 1 heterocycles. The molecule has 1 saturated carbocycles. The van der Waals surface area contributed by atoms with Crippen molar-refractivity contribution in [3.8, 4) is 17.1 Å². The third kappa shape index (κ3) is 4.26. The summed E-state index contributed by atoms with van der Waals surface area (Å²) >= 11 is 0. The fourth-order valence-corrected chi connectivity index (χ4v) is 4.28. The van der Waals surface area contributed by atoms with E-state index in [1.165, 1.54) is 5.71 Å². The zero-order valence-electron chi connectivity index (χ0n) is 19.1. The SMILES string of the molecule is CCOc1cc(C2=CCC(N=C3CC3C)C(CN)=C2)cc2c(N)nc(-c3ccccc3)nc12. The number of anilines is 1. The van der Waals surface area contributed by atoms with E-state index in [1.807, 2.05) is 49.4 Å². The van der Waals surface area contributed by atoms with Gasteiger partial charge < -0.3 is 16.2 Å². The Kier molecular flexibility index (Phi) is 5.68. The van der Waals surface area contributed by atoms with Gasteiger partial charge in [0.1, 0.15) is 17.1 Å². The summed E-state index contributed by atoms with van der Waals surface area (Å²) in [6.45, 7) is 5.21. The highest BCUT2D eigenvalue weighted by Crippen LogP contribution is 2.36. The molecule has 0 radical (unpaired) electrons. The molecule has 2 aliphatic carbocycles. The van der Waals surface area contributed by atoms with Crippen LogP contribution in [0.1, 0.15) is 32.3 Å². The largest absolute Gasteiger partial charge is 0.492 e. The lowest BCUT2D eigenvalue weighted by atomic mass is 9.90. The van der Waals surface area contributed by atoms with Crippen molar-refractivity contribution in [2.45, 2.75) is 32.7 Å². The molecule has 6 nitrogen and oxygen atoms in total. The van der Waals surface area contributed by atoms with Gasteiger partial charge in [-0.15, -0.1) is 0 Å². The number of hydrogen-bond donors (Lipinski definition) is 2. The molecule has 0 spiro atoms. The summed E-state index contributed by atoms with van der Waals surface area (Å²) < 4.78 is 6.00. The van der Waals surface area contributed by atoms with Crippen molar-refractivity contribution in [1.29, 1.82) is 0 Å². The van der Waals surface area contributed by atoms with Crippen LogP contribution in [0.15, 0.2) is 65.2 Å². The number of aliphatic imine (C=N–C) groups is 1. The predicted octanol–water partition coefficient (Wildman–Crippen LogP) is 4.80. The van der Waals surface area contributed by atoms with Crippen LogP contribution in [-0.2, 0) is 0 Å². The number of fused-ring (bicyclic) bond motifs is 1. The highest BCUT2D eigenvalue weighted by molar-refractivity contribution is 6.01. The molecule has 1 fully saturated rings. The number of aromatic nitrogens is 2. The summed E-state index contributed by atoms with van der Waals surface area (Å²) in [7, 11) is 0. The standard InChI is InChI=1S/C27H29N5O/c1-3-33-24-14-19(18-9-10-22(20(12-18)15-28)30-23-11-16(23)2)13-21-25(24)31-27(32-26(21)29)17-7-5-4-6-8-17/h4-9,12-14,16,22H,3,10-11,15,28H2,1-2H3,(H2,29,31,32). The van der Waals surface area contributed by atoms with Gasteiger partial charge in [0.25, 0.3) is 0 Å². The molecule has 4 N–H and O–H groups in total. The Hall–Kier alpha value is -3.51. The molecule has 0 amide bonds. The molecule has 1 aromatic heterocycles. The monoisotopic (exact) mass is 439 g/mol. The van der Waals surface area contributed by atoms with E-state index in [4.69, 9.17) is 26.2 Å². The second-order valence-corrected chi connectivity index (χ2v) is 8.66. The molecule has 0 aliphatic heterocycles. The van der Waals surface area contributed by atoms with Gasteiger partial charge >= 0.3 is 0 Å². The molecular formula is C27H29N5O. The first kappa shape index (κ1) is 21.3. The van der Waals surface area contributed by atoms with Crippen LogP contribution in [0, 0.1) is 5.92 Å². The topological polar surface area (TPSA) is 99.4 Å². The molecule has 0 bridgehead atoms. The molecule has 5 rings (SSSR count). The summed E-state index contributed by atoms with van der Waals surface area (Å²) in [6, 6.07) is 14.1. The number of nitrogen functional groups attached to an aromatic ring is 1. The van der Waals surface area contributed by atoms with Crippen molar-refractivity contribution < 1.29 is 4.74 Å². The molecule has 2 atom stereocenters. The first-order chi connectivity index (χ1) is 16.1. The Labute approximate surface area is 194 Å². The van der Waals surface area contributed by atoms with E-state index >= 15 is 0 Å². The summed E-state index contributed by atoms with van der Waals surface area (Å²) in [5.74, 6) is 2.35. The van der Waals surface area contributed by atoms with E-state index in [0.717, 1.165) is 46.0 Å². The van der Waals surface area contributed by atoms with Crippen LogP contribution in [0.5, 0.6) is 5.75 Å². The van der Waals surface area contributed by atoms with E-state index in [-0.39, 0.29) is 6.04 Å². The Morgan fingerprint density at radius 2 is 1.91 bits per heavy atom. The quantitative estimate of drug-likeness (QED) is 0.575. The first-order valence-corrected chi connectivity index (χ1v) is 11.5. The minimum atomic E-state index is 0.146. The van der Waals surface area contributed by atoms with E-state index in [1.54, 1.807) is 0 Å². The van der Waals surface area contributed by atoms with Crippen LogP contribution in [0.2, 0.25) is 0 Å². The number of nitrogens with zero attached hydrogens (tertiary/aromatic N) is 3. The van der Waals surface area contributed by atoms with Crippen LogP contribution < -0.4 is 16.2 Å². The Morgan fingerprint density at radius 1 is 1.12 bits per heavy atom. The molecule has 33 heavy (non-hydrogen) atoms. The van der Waals surface area contributed by atoms with Crippen molar-refractivity contribution in [2.24, 2.45) is 16.6 Å². The normalized spacial score (nSPS) is 21.1. The van der Waals surface area contributed by atoms with Gasteiger partial charge in [0, 0.05) is 23.2 Å². The molecule has 3 aromatic rings. The van der Waals surface area contributed by atoms with Crippen molar-refractivity contribution in [3.63, 3.8) is 0 Å². The average molecular weight is 440 g/mol. The Bertz CT molecular complexity index is 1290. The maximum absolute atomic E-state index is 6.43. The number of ether oxygens (including phenoxy) is 1. The summed E-state index contributed by atoms with van der Waals surface area (Å²) in [5, 5.41) is 0.786. The van der Waals surface area contributed by atoms with Crippen molar-refractivity contribution in [1.82, 2.24) is 9.97 Å². The fraction of sp³-hybridized carbons (Fsp3) is 0.296. The van der Waals surface area contributed by atoms with Crippen LogP contribution in [-0.4, -0.2) is 34.9 Å². The molecule has 2 aliphatic rings. The van der Waals surface area contributed by atoms with Crippen molar-refractivity contribution in [3.05, 3.63) is 65.8 Å². The van der Waals surface area contributed by atoms with Crippen molar-refractivity contribution >= 4 is 28.0 Å². The zero-order valence-corrected chi connectivity index (χ0v) is 19.1. The molecule has 0 saturated heterocycles. The molecule has 6 heteroatoms. The lowest BCUT2D eigenvalue weighted by Gasteiger charge is -2.21. The second-order valence-electron chi connectivity index (χ2n) is 8.66. The van der Waals surface area contributed by atoms with Crippen LogP contribution in [0.4, 0.5) is 5.82 Å². The minimum absolute atomic E-state index is 0.146. The predicted molar refractivity (Wildman–Crippen MR) is 135 cm³/mol. The molecule has 2 aromatic carbocycles. The Morgan fingerprint density at radius 3 is 2.61 bits per heavy atom. The van der Waals surface area contributed by atoms with E-state index in [0.29, 0.717) is 36.5 Å². The van der Waals surface area contributed by atoms with Crippen LogP contribution in [0.3, 0.4) is 0 Å². The lowest BCUT2D eigenvalue weighted by molar-refractivity contribution is 0.343. The lowest BCUT2D eigenvalue weighted by Crippen LogP contribution is -2.19. The molecular weight excluding hydrogens is 410 g/mol. The molecule has 168 valence electrons. The summed E-state index contributed by atoms with van der Waals surface area (Å²) in [6.07, 6.45) is 6.35.